The molecule has 0 saturated heterocycles. The quantitative estimate of drug-likeness (QED) is 0.494. The molecule has 25 heavy (non-hydrogen) atoms. The van der Waals surface area contributed by atoms with E-state index in [1.807, 2.05) is 18.2 Å². The van der Waals surface area contributed by atoms with E-state index in [-0.39, 0.29) is 5.56 Å². The number of hydrogen-bond donors (Lipinski definition) is 0. The molecule has 2 aromatic carbocycles. The molecule has 0 spiro atoms. The lowest BCUT2D eigenvalue weighted by molar-refractivity contribution is 0.447. The number of aromatic nitrogens is 3. The number of hydrogen-bond acceptors (Lipinski definition) is 3. The van der Waals surface area contributed by atoms with Crippen molar-refractivity contribution in [1.82, 2.24) is 15.0 Å². The first-order valence-corrected chi connectivity index (χ1v) is 7.43. The predicted octanol–water partition coefficient (Wildman–Crippen LogP) is 4.78. The monoisotopic (exact) mass is 337 g/mol. The van der Waals surface area contributed by atoms with Crippen LogP contribution in [-0.2, 0) is 0 Å². The highest BCUT2D eigenvalue weighted by Crippen LogP contribution is 2.32. The van der Waals surface area contributed by atoms with Gasteiger partial charge in [-0.15, -0.1) is 0 Å². The van der Waals surface area contributed by atoms with Crippen molar-refractivity contribution in [3.05, 3.63) is 78.6 Å². The molecular formula is C19H10F3N3. The number of nitrogens with zero attached hydrogens (tertiary/aromatic N) is 3. The van der Waals surface area contributed by atoms with E-state index in [1.165, 1.54) is 12.5 Å². The van der Waals surface area contributed by atoms with Gasteiger partial charge in [-0.05, 0) is 35.9 Å². The Morgan fingerprint density at radius 1 is 0.800 bits per heavy atom. The van der Waals surface area contributed by atoms with E-state index in [2.05, 4.69) is 15.0 Å². The van der Waals surface area contributed by atoms with Crippen molar-refractivity contribution in [1.29, 1.82) is 0 Å². The molecule has 2 heterocycles. The second-order valence-corrected chi connectivity index (χ2v) is 5.45. The van der Waals surface area contributed by atoms with Crippen LogP contribution in [0.25, 0.3) is 33.3 Å². The molecule has 0 saturated carbocycles. The Bertz CT molecular complexity index is 1070. The van der Waals surface area contributed by atoms with Gasteiger partial charge < -0.3 is 0 Å². The fourth-order valence-electron chi connectivity index (χ4n) is 2.71. The molecule has 0 aliphatic rings. The summed E-state index contributed by atoms with van der Waals surface area (Å²) in [4.78, 5) is 12.4. The number of pyridine rings is 1. The minimum atomic E-state index is -1.50. The molecular weight excluding hydrogens is 327 g/mol. The summed E-state index contributed by atoms with van der Waals surface area (Å²) >= 11 is 0. The van der Waals surface area contributed by atoms with Crippen LogP contribution in [0.2, 0.25) is 0 Å². The van der Waals surface area contributed by atoms with Crippen LogP contribution in [0.5, 0.6) is 0 Å². The molecule has 0 atom stereocenters. The summed E-state index contributed by atoms with van der Waals surface area (Å²) < 4.78 is 40.5. The second-order valence-electron chi connectivity index (χ2n) is 5.45. The highest BCUT2D eigenvalue weighted by atomic mass is 19.2. The van der Waals surface area contributed by atoms with Crippen LogP contribution >= 0.6 is 0 Å². The van der Waals surface area contributed by atoms with E-state index in [1.54, 1.807) is 18.3 Å². The van der Waals surface area contributed by atoms with Gasteiger partial charge >= 0.3 is 0 Å². The molecule has 0 aliphatic heterocycles. The minimum Gasteiger partial charge on any atom is -0.256 e. The summed E-state index contributed by atoms with van der Waals surface area (Å²) in [6.07, 6.45) is 4.66. The van der Waals surface area contributed by atoms with Gasteiger partial charge in [0, 0.05) is 28.9 Å². The third kappa shape index (κ3) is 2.71. The van der Waals surface area contributed by atoms with Crippen LogP contribution in [0.1, 0.15) is 0 Å². The molecule has 122 valence electrons. The van der Waals surface area contributed by atoms with E-state index in [0.717, 1.165) is 28.6 Å². The number of halogens is 3. The van der Waals surface area contributed by atoms with E-state index < -0.39 is 17.5 Å². The van der Waals surface area contributed by atoms with Crippen LogP contribution < -0.4 is 0 Å². The van der Waals surface area contributed by atoms with Crippen LogP contribution in [0.4, 0.5) is 13.2 Å². The first kappa shape index (κ1) is 15.3. The zero-order valence-electron chi connectivity index (χ0n) is 12.7. The molecule has 4 rings (SSSR count). The first-order valence-electron chi connectivity index (χ1n) is 7.43. The van der Waals surface area contributed by atoms with Crippen LogP contribution in [-0.4, -0.2) is 15.0 Å². The van der Waals surface area contributed by atoms with Gasteiger partial charge in [0.15, 0.2) is 17.5 Å². The number of fused-ring (bicyclic) bond motifs is 1. The first-order chi connectivity index (χ1) is 12.1. The Morgan fingerprint density at radius 3 is 2.40 bits per heavy atom. The van der Waals surface area contributed by atoms with Gasteiger partial charge in [0.05, 0.1) is 11.2 Å². The summed E-state index contributed by atoms with van der Waals surface area (Å²) in [5.74, 6) is -4.00. The van der Waals surface area contributed by atoms with Crippen molar-refractivity contribution in [3.8, 4) is 22.4 Å². The lowest BCUT2D eigenvalue weighted by atomic mass is 9.98. The normalized spacial score (nSPS) is 11.0. The fourth-order valence-corrected chi connectivity index (χ4v) is 2.71. The van der Waals surface area contributed by atoms with E-state index in [4.69, 9.17) is 0 Å². The van der Waals surface area contributed by atoms with Crippen molar-refractivity contribution >= 4 is 10.9 Å². The molecule has 3 nitrogen and oxygen atoms in total. The van der Waals surface area contributed by atoms with Crippen LogP contribution in [0, 0.1) is 17.5 Å². The summed E-state index contributed by atoms with van der Waals surface area (Å²) in [7, 11) is 0. The Morgan fingerprint density at radius 2 is 1.60 bits per heavy atom. The van der Waals surface area contributed by atoms with Gasteiger partial charge in [0.1, 0.15) is 6.33 Å². The highest BCUT2D eigenvalue weighted by molar-refractivity contribution is 5.88. The topological polar surface area (TPSA) is 38.7 Å². The van der Waals surface area contributed by atoms with Gasteiger partial charge in [-0.25, -0.2) is 23.1 Å². The molecule has 0 fully saturated rings. The smallest absolute Gasteiger partial charge is 0.194 e. The van der Waals surface area contributed by atoms with E-state index in [0.29, 0.717) is 11.3 Å². The number of benzene rings is 2. The molecule has 0 bridgehead atoms. The summed E-state index contributed by atoms with van der Waals surface area (Å²) in [5, 5.41) is 0.825. The van der Waals surface area contributed by atoms with Gasteiger partial charge in [0.2, 0.25) is 0 Å². The molecule has 0 N–H and O–H groups in total. The Kier molecular flexibility index (Phi) is 3.65. The molecule has 0 amide bonds. The number of rotatable bonds is 2. The van der Waals surface area contributed by atoms with Crippen molar-refractivity contribution in [2.24, 2.45) is 0 Å². The third-order valence-corrected chi connectivity index (χ3v) is 3.88. The molecule has 4 aromatic rings. The molecule has 0 aliphatic carbocycles. The second kappa shape index (κ2) is 5.98. The van der Waals surface area contributed by atoms with Crippen LogP contribution in [0.15, 0.2) is 61.2 Å². The maximum Gasteiger partial charge on any atom is 0.194 e. The Labute approximate surface area is 140 Å². The van der Waals surface area contributed by atoms with Crippen LogP contribution in [0.3, 0.4) is 0 Å². The zero-order chi connectivity index (χ0) is 17.4. The predicted molar refractivity (Wildman–Crippen MR) is 88.1 cm³/mol. The average Bonchev–Trinajstić information content (AvgIpc) is 2.65. The lowest BCUT2D eigenvalue weighted by Gasteiger charge is -2.10. The van der Waals surface area contributed by atoms with Gasteiger partial charge in [0.25, 0.3) is 0 Å². The van der Waals surface area contributed by atoms with Crippen molar-refractivity contribution < 1.29 is 13.2 Å². The lowest BCUT2D eigenvalue weighted by Crippen LogP contribution is -1.95. The van der Waals surface area contributed by atoms with Gasteiger partial charge in [-0.2, -0.15) is 0 Å². The van der Waals surface area contributed by atoms with Crippen molar-refractivity contribution in [2.75, 3.05) is 0 Å². The van der Waals surface area contributed by atoms with Crippen molar-refractivity contribution in [2.45, 2.75) is 0 Å². The highest BCUT2D eigenvalue weighted by Gasteiger charge is 2.15. The standard InChI is InChI=1S/C19H10F3N3/c20-15-7-12(8-16(21)18(15)22)19-14(2-1-5-24-19)11-3-4-17-13(6-11)9-23-10-25-17/h1-10H. The van der Waals surface area contributed by atoms with Gasteiger partial charge in [-0.3, -0.25) is 4.98 Å². The van der Waals surface area contributed by atoms with Crippen molar-refractivity contribution in [3.63, 3.8) is 0 Å². The molecule has 6 heteroatoms. The molecule has 0 radical (unpaired) electrons. The maximum atomic E-state index is 13.6. The minimum absolute atomic E-state index is 0.163. The third-order valence-electron chi connectivity index (χ3n) is 3.88. The van der Waals surface area contributed by atoms with E-state index >= 15 is 0 Å². The summed E-state index contributed by atoms with van der Waals surface area (Å²) in [5.41, 5.74) is 2.75. The van der Waals surface area contributed by atoms with Gasteiger partial charge in [-0.1, -0.05) is 12.1 Å². The molecule has 2 aromatic heterocycles. The summed E-state index contributed by atoms with van der Waals surface area (Å²) in [6.45, 7) is 0. The zero-order valence-corrected chi connectivity index (χ0v) is 12.7. The Hall–Kier alpha value is -3.28. The largest absolute Gasteiger partial charge is 0.256 e. The fraction of sp³-hybridized carbons (Fsp3) is 0. The average molecular weight is 337 g/mol. The molecule has 0 unspecified atom stereocenters. The Balaban J connectivity index is 1.92. The summed E-state index contributed by atoms with van der Waals surface area (Å²) in [6, 6.07) is 10.9. The van der Waals surface area contributed by atoms with E-state index in [9.17, 15) is 13.2 Å². The maximum absolute atomic E-state index is 13.6. The SMILES string of the molecule is Fc1cc(-c2ncccc2-c2ccc3ncncc3c2)cc(F)c1F.